The Hall–Kier alpha value is -1.59. The van der Waals surface area contributed by atoms with Gasteiger partial charge in [0.15, 0.2) is 6.61 Å². The largest absolute Gasteiger partial charge is 0.482 e. The van der Waals surface area contributed by atoms with Crippen LogP contribution in [0.3, 0.4) is 0 Å². The van der Waals surface area contributed by atoms with Crippen LogP contribution in [0.2, 0.25) is 0 Å². The van der Waals surface area contributed by atoms with Crippen molar-refractivity contribution in [1.82, 2.24) is 5.32 Å². The minimum absolute atomic E-state index is 0.314. The highest BCUT2D eigenvalue weighted by Crippen LogP contribution is 2.11. The molecule has 0 amide bonds. The van der Waals surface area contributed by atoms with E-state index < -0.39 is 5.97 Å². The summed E-state index contributed by atoms with van der Waals surface area (Å²) in [6.07, 6.45) is 0. The van der Waals surface area contributed by atoms with Crippen molar-refractivity contribution in [3.05, 3.63) is 29.8 Å². The maximum Gasteiger partial charge on any atom is 0.341 e. The second-order valence-corrected chi connectivity index (χ2v) is 3.50. The van der Waals surface area contributed by atoms with Gasteiger partial charge in [0.05, 0.1) is 6.61 Å². The predicted octanol–water partition coefficient (Wildman–Crippen LogP) is 0.886. The van der Waals surface area contributed by atoms with Gasteiger partial charge in [0.25, 0.3) is 0 Å². The zero-order valence-corrected chi connectivity index (χ0v) is 9.81. The van der Waals surface area contributed by atoms with Crippen LogP contribution < -0.4 is 10.1 Å². The van der Waals surface area contributed by atoms with E-state index in [1.165, 1.54) is 0 Å². The van der Waals surface area contributed by atoms with Crippen molar-refractivity contribution < 1.29 is 19.4 Å². The van der Waals surface area contributed by atoms with Gasteiger partial charge in [0, 0.05) is 20.2 Å². The second-order valence-electron chi connectivity index (χ2n) is 3.50. The lowest BCUT2D eigenvalue weighted by molar-refractivity contribution is -0.139. The van der Waals surface area contributed by atoms with Gasteiger partial charge in [-0.3, -0.25) is 0 Å². The molecule has 0 saturated carbocycles. The lowest BCUT2D eigenvalue weighted by atomic mass is 10.2. The highest BCUT2D eigenvalue weighted by atomic mass is 16.5. The fraction of sp³-hybridized carbons (Fsp3) is 0.417. The number of carboxylic acids is 1. The first-order valence-corrected chi connectivity index (χ1v) is 5.35. The summed E-state index contributed by atoms with van der Waals surface area (Å²) in [6.45, 7) is 1.92. The van der Waals surface area contributed by atoms with Gasteiger partial charge in [0.2, 0.25) is 0 Å². The molecule has 0 unspecified atom stereocenters. The average Bonchev–Trinajstić information content (AvgIpc) is 2.33. The van der Waals surface area contributed by atoms with Crippen LogP contribution in [0.5, 0.6) is 5.75 Å². The molecule has 0 radical (unpaired) electrons. The molecule has 1 rings (SSSR count). The van der Waals surface area contributed by atoms with Gasteiger partial charge < -0.3 is 19.9 Å². The minimum Gasteiger partial charge on any atom is -0.482 e. The fourth-order valence-corrected chi connectivity index (χ4v) is 1.26. The Labute approximate surface area is 100 Å². The van der Waals surface area contributed by atoms with Crippen LogP contribution in [-0.4, -0.2) is 37.9 Å². The van der Waals surface area contributed by atoms with Gasteiger partial charge in [-0.25, -0.2) is 4.79 Å². The smallest absolute Gasteiger partial charge is 0.341 e. The molecule has 17 heavy (non-hydrogen) atoms. The number of rotatable bonds is 8. The monoisotopic (exact) mass is 239 g/mol. The van der Waals surface area contributed by atoms with E-state index in [1.807, 2.05) is 12.1 Å². The van der Waals surface area contributed by atoms with Gasteiger partial charge in [0.1, 0.15) is 5.75 Å². The van der Waals surface area contributed by atoms with Crippen LogP contribution >= 0.6 is 0 Å². The van der Waals surface area contributed by atoms with Crippen molar-refractivity contribution in [2.75, 3.05) is 26.9 Å². The standard InChI is InChI=1S/C12H17NO4/c1-16-7-6-13-8-10-2-4-11(5-3-10)17-9-12(14)15/h2-5,13H,6-9H2,1H3,(H,14,15). The van der Waals surface area contributed by atoms with Crippen molar-refractivity contribution in [2.24, 2.45) is 0 Å². The molecule has 0 aliphatic heterocycles. The topological polar surface area (TPSA) is 67.8 Å². The third-order valence-electron chi connectivity index (χ3n) is 2.10. The lowest BCUT2D eigenvalue weighted by Crippen LogP contribution is -2.18. The van der Waals surface area contributed by atoms with E-state index in [2.05, 4.69) is 5.32 Å². The zero-order valence-electron chi connectivity index (χ0n) is 9.81. The van der Waals surface area contributed by atoms with E-state index >= 15 is 0 Å². The Balaban J connectivity index is 2.31. The molecule has 0 aromatic heterocycles. The number of carboxylic acid groups (broad SMARTS) is 1. The summed E-state index contributed by atoms with van der Waals surface area (Å²) in [5.74, 6) is -0.414. The second kappa shape index (κ2) is 7.65. The molecule has 5 heteroatoms. The SMILES string of the molecule is COCCNCc1ccc(OCC(=O)O)cc1. The number of hydrogen-bond acceptors (Lipinski definition) is 4. The predicted molar refractivity (Wildman–Crippen MR) is 63.2 cm³/mol. The summed E-state index contributed by atoms with van der Waals surface area (Å²) in [6, 6.07) is 7.32. The normalized spacial score (nSPS) is 10.2. The summed E-state index contributed by atoms with van der Waals surface area (Å²) >= 11 is 0. The molecule has 0 saturated heterocycles. The molecule has 94 valence electrons. The molecule has 0 bridgehead atoms. The van der Waals surface area contributed by atoms with Crippen molar-refractivity contribution in [1.29, 1.82) is 0 Å². The maximum atomic E-state index is 10.3. The Morgan fingerprint density at radius 2 is 2.06 bits per heavy atom. The number of hydrogen-bond donors (Lipinski definition) is 2. The van der Waals surface area contributed by atoms with Gasteiger partial charge >= 0.3 is 5.97 Å². The first-order chi connectivity index (χ1) is 8.22. The van der Waals surface area contributed by atoms with E-state index in [9.17, 15) is 4.79 Å². The van der Waals surface area contributed by atoms with Crippen molar-refractivity contribution >= 4 is 5.97 Å². The Morgan fingerprint density at radius 1 is 1.35 bits per heavy atom. The zero-order chi connectivity index (χ0) is 12.5. The number of aliphatic carboxylic acids is 1. The van der Waals surface area contributed by atoms with E-state index in [0.29, 0.717) is 12.4 Å². The molecule has 1 aromatic carbocycles. The first kappa shape index (κ1) is 13.5. The summed E-state index contributed by atoms with van der Waals surface area (Å²) in [5.41, 5.74) is 1.11. The highest BCUT2D eigenvalue weighted by molar-refractivity contribution is 5.68. The Kier molecular flexibility index (Phi) is 6.06. The van der Waals surface area contributed by atoms with Gasteiger partial charge in [-0.1, -0.05) is 12.1 Å². The van der Waals surface area contributed by atoms with Gasteiger partial charge in [-0.2, -0.15) is 0 Å². The van der Waals surface area contributed by atoms with E-state index in [-0.39, 0.29) is 6.61 Å². The van der Waals surface area contributed by atoms with Gasteiger partial charge in [-0.05, 0) is 17.7 Å². The Bertz CT molecular complexity index is 337. The van der Waals surface area contributed by atoms with Gasteiger partial charge in [-0.15, -0.1) is 0 Å². The molecule has 0 fully saturated rings. The third-order valence-corrected chi connectivity index (χ3v) is 2.10. The molecule has 0 aliphatic rings. The van der Waals surface area contributed by atoms with Crippen LogP contribution in [-0.2, 0) is 16.1 Å². The van der Waals surface area contributed by atoms with Crippen LogP contribution in [0.4, 0.5) is 0 Å². The molecule has 2 N–H and O–H groups in total. The summed E-state index contributed by atoms with van der Waals surface area (Å²) < 4.78 is 9.94. The molecule has 0 spiro atoms. The van der Waals surface area contributed by atoms with E-state index in [0.717, 1.165) is 18.7 Å². The minimum atomic E-state index is -0.977. The molecule has 0 aliphatic carbocycles. The lowest BCUT2D eigenvalue weighted by Gasteiger charge is -2.06. The summed E-state index contributed by atoms with van der Waals surface area (Å²) in [4.78, 5) is 10.3. The average molecular weight is 239 g/mol. The van der Waals surface area contributed by atoms with E-state index in [1.54, 1.807) is 19.2 Å². The number of carbonyl (C=O) groups is 1. The quantitative estimate of drug-likeness (QED) is 0.659. The number of methoxy groups -OCH3 is 1. The maximum absolute atomic E-state index is 10.3. The summed E-state index contributed by atoms with van der Waals surface area (Å²) in [5, 5.41) is 11.7. The summed E-state index contributed by atoms with van der Waals surface area (Å²) in [7, 11) is 1.66. The molecule has 0 heterocycles. The molecular weight excluding hydrogens is 222 g/mol. The Morgan fingerprint density at radius 3 is 2.65 bits per heavy atom. The first-order valence-electron chi connectivity index (χ1n) is 5.35. The molecular formula is C12H17NO4. The van der Waals surface area contributed by atoms with Crippen molar-refractivity contribution in [3.8, 4) is 5.75 Å². The van der Waals surface area contributed by atoms with Crippen molar-refractivity contribution in [2.45, 2.75) is 6.54 Å². The third kappa shape index (κ3) is 5.89. The number of benzene rings is 1. The number of ether oxygens (including phenoxy) is 2. The van der Waals surface area contributed by atoms with Crippen LogP contribution in [0.15, 0.2) is 24.3 Å². The molecule has 0 atom stereocenters. The number of nitrogens with one attached hydrogen (secondary N) is 1. The molecule has 1 aromatic rings. The molecule has 5 nitrogen and oxygen atoms in total. The van der Waals surface area contributed by atoms with Crippen LogP contribution in [0.1, 0.15) is 5.56 Å². The van der Waals surface area contributed by atoms with Crippen molar-refractivity contribution in [3.63, 3.8) is 0 Å². The van der Waals surface area contributed by atoms with Crippen LogP contribution in [0.25, 0.3) is 0 Å². The highest BCUT2D eigenvalue weighted by Gasteiger charge is 1.99. The van der Waals surface area contributed by atoms with E-state index in [4.69, 9.17) is 14.6 Å². The van der Waals surface area contributed by atoms with Crippen LogP contribution in [0, 0.1) is 0 Å². The fourth-order valence-electron chi connectivity index (χ4n) is 1.26.